The van der Waals surface area contributed by atoms with Crippen molar-refractivity contribution < 1.29 is 27.9 Å². The van der Waals surface area contributed by atoms with Crippen LogP contribution in [0, 0.1) is 0 Å². The summed E-state index contributed by atoms with van der Waals surface area (Å²) in [5, 5.41) is 0. The van der Waals surface area contributed by atoms with Crippen molar-refractivity contribution in [1.82, 2.24) is 4.98 Å². The predicted octanol–water partition coefficient (Wildman–Crippen LogP) is 0.572. The summed E-state index contributed by atoms with van der Waals surface area (Å²) in [6.45, 7) is 0. The molecule has 1 N–H and O–H groups in total. The summed E-state index contributed by atoms with van der Waals surface area (Å²) in [4.78, 5) is 22.0. The van der Waals surface area contributed by atoms with Crippen molar-refractivity contribution in [3.8, 4) is 6.08 Å². The summed E-state index contributed by atoms with van der Waals surface area (Å²) in [6.07, 6.45) is 0.738. The third-order valence-corrected chi connectivity index (χ3v) is 1.09. The topological polar surface area (TPSA) is 98.9 Å². The van der Waals surface area contributed by atoms with E-state index < -0.39 is 14.4 Å². The average Bonchev–Trinajstić information content (AvgIpc) is 2.37. The minimum Gasteiger partial charge on any atom is -0.417 e. The highest BCUT2D eigenvalue weighted by Gasteiger charge is 2.10. The molecule has 0 bridgehead atoms. The van der Waals surface area contributed by atoms with Gasteiger partial charge in [-0.3, -0.25) is 0 Å². The number of carbonyl (C=O) groups excluding carboxylic acids is 1. The van der Waals surface area contributed by atoms with Gasteiger partial charge in [-0.2, -0.15) is 4.98 Å². The third kappa shape index (κ3) is 2.73. The van der Waals surface area contributed by atoms with Crippen molar-refractivity contribution in [2.75, 3.05) is 0 Å². The second-order valence-electron chi connectivity index (χ2n) is 1.52. The van der Waals surface area contributed by atoms with Gasteiger partial charge in [0.2, 0.25) is 0 Å². The lowest BCUT2D eigenvalue weighted by atomic mass is 11.0. The summed E-state index contributed by atoms with van der Waals surface area (Å²) >= 11 is 0. The van der Waals surface area contributed by atoms with Crippen LogP contribution in [0.15, 0.2) is 16.9 Å². The van der Waals surface area contributed by atoms with E-state index in [4.69, 9.17) is 4.89 Å². The van der Waals surface area contributed by atoms with Crippen molar-refractivity contribution in [2.24, 2.45) is 0 Å². The number of ether oxygens (including phenoxy) is 1. The second-order valence-corrected chi connectivity index (χ2v) is 2.25. The molecule has 12 heavy (non-hydrogen) atoms. The molecule has 0 saturated carbocycles. The summed E-state index contributed by atoms with van der Waals surface area (Å²) in [5.41, 5.74) is 0. The zero-order chi connectivity index (χ0) is 8.97. The van der Waals surface area contributed by atoms with Crippen molar-refractivity contribution in [3.05, 3.63) is 12.5 Å². The quantitative estimate of drug-likeness (QED) is 0.541. The lowest BCUT2D eigenvalue weighted by Gasteiger charge is -1.96. The van der Waals surface area contributed by atoms with Gasteiger partial charge in [0.25, 0.3) is 0 Å². The minimum atomic E-state index is -3.33. The number of nitrogens with zero attached hydrogens (tertiary/aromatic N) is 1. The maximum atomic E-state index is 10.4. The molecule has 8 heteroatoms. The van der Waals surface area contributed by atoms with Gasteiger partial charge in [0.1, 0.15) is 6.26 Å². The molecule has 1 atom stereocenters. The molecule has 0 radical (unpaired) electrons. The molecule has 1 heterocycles. The number of hydrogen-bond acceptors (Lipinski definition) is 6. The molecule has 1 aromatic heterocycles. The zero-order valence-corrected chi connectivity index (χ0v) is 6.59. The van der Waals surface area contributed by atoms with Crippen molar-refractivity contribution >= 4 is 14.4 Å². The fourth-order valence-corrected chi connectivity index (χ4v) is 0.608. The molecule has 7 nitrogen and oxygen atoms in total. The summed E-state index contributed by atoms with van der Waals surface area (Å²) in [6, 6.07) is 0. The summed E-state index contributed by atoms with van der Waals surface area (Å²) < 4.78 is 22.4. The van der Waals surface area contributed by atoms with Crippen molar-refractivity contribution in [2.45, 2.75) is 0 Å². The molecular formula is C4H4NO6P. The number of oxazole rings is 1. The minimum absolute atomic E-state index is 0.344. The van der Waals surface area contributed by atoms with Gasteiger partial charge >= 0.3 is 20.5 Å². The standard InChI is InChI=1S/C4H4NO6P/c6-4(11-12(7)8)10-3-5-1-2-9-3/h1-2,12H,(H,7,8). The van der Waals surface area contributed by atoms with Crippen LogP contribution in [-0.2, 0) is 9.09 Å². The van der Waals surface area contributed by atoms with E-state index >= 15 is 0 Å². The molecule has 0 saturated heterocycles. The first kappa shape index (κ1) is 8.76. The molecular weight excluding hydrogens is 189 g/mol. The highest BCUT2D eigenvalue weighted by atomic mass is 31.1. The molecule has 1 unspecified atom stereocenters. The normalized spacial score (nSPS) is 12.1. The zero-order valence-electron chi connectivity index (χ0n) is 5.59. The molecule has 0 spiro atoms. The summed E-state index contributed by atoms with van der Waals surface area (Å²) in [7, 11) is -3.33. The van der Waals surface area contributed by atoms with Crippen LogP contribution in [-0.4, -0.2) is 16.0 Å². The fourth-order valence-electron chi connectivity index (χ4n) is 0.424. The molecule has 0 aromatic carbocycles. The molecule has 0 fully saturated rings. The van der Waals surface area contributed by atoms with Crippen LogP contribution in [0.1, 0.15) is 0 Å². The number of rotatable bonds is 2. The van der Waals surface area contributed by atoms with Crippen LogP contribution in [0.2, 0.25) is 0 Å². The number of hydrogen-bond donors (Lipinski definition) is 1. The van der Waals surface area contributed by atoms with Crippen LogP contribution >= 0.6 is 8.25 Å². The van der Waals surface area contributed by atoms with Crippen LogP contribution in [0.5, 0.6) is 6.08 Å². The molecule has 0 aliphatic rings. The third-order valence-electron chi connectivity index (χ3n) is 0.751. The largest absolute Gasteiger partial charge is 0.523 e. The molecule has 1 rings (SSSR count). The summed E-state index contributed by atoms with van der Waals surface area (Å²) in [5.74, 6) is 0. The van der Waals surface area contributed by atoms with E-state index in [0.717, 1.165) is 0 Å². The van der Waals surface area contributed by atoms with Gasteiger partial charge in [0.05, 0.1) is 6.20 Å². The Bertz CT molecular complexity index is 282. The van der Waals surface area contributed by atoms with Crippen LogP contribution in [0.4, 0.5) is 4.79 Å². The molecule has 0 aliphatic heterocycles. The Morgan fingerprint density at radius 2 is 2.50 bits per heavy atom. The first-order chi connectivity index (χ1) is 5.68. The highest BCUT2D eigenvalue weighted by molar-refractivity contribution is 7.32. The van der Waals surface area contributed by atoms with E-state index in [1.807, 2.05) is 0 Å². The van der Waals surface area contributed by atoms with Crippen LogP contribution in [0.25, 0.3) is 0 Å². The van der Waals surface area contributed by atoms with Gasteiger partial charge in [-0.05, 0) is 0 Å². The van der Waals surface area contributed by atoms with E-state index in [2.05, 4.69) is 18.7 Å². The van der Waals surface area contributed by atoms with Gasteiger partial charge in [0.15, 0.2) is 0 Å². The van der Waals surface area contributed by atoms with E-state index in [1.54, 1.807) is 0 Å². The maximum absolute atomic E-state index is 10.4. The average molecular weight is 193 g/mol. The Morgan fingerprint density at radius 3 is 3.00 bits per heavy atom. The Morgan fingerprint density at radius 1 is 1.75 bits per heavy atom. The predicted molar refractivity (Wildman–Crippen MR) is 34.8 cm³/mol. The SMILES string of the molecule is O=C(Oc1ncco1)O[PH](=O)O. The van der Waals surface area contributed by atoms with Crippen molar-refractivity contribution in [1.29, 1.82) is 0 Å². The van der Waals surface area contributed by atoms with Crippen LogP contribution in [0.3, 0.4) is 0 Å². The maximum Gasteiger partial charge on any atom is 0.523 e. The lowest BCUT2D eigenvalue weighted by Crippen LogP contribution is -2.06. The number of carbonyl (C=O) groups is 1. The molecule has 0 amide bonds. The van der Waals surface area contributed by atoms with Gasteiger partial charge in [-0.25, -0.2) is 9.36 Å². The monoisotopic (exact) mass is 193 g/mol. The highest BCUT2D eigenvalue weighted by Crippen LogP contribution is 2.16. The fraction of sp³-hybridized carbons (Fsp3) is 0. The lowest BCUT2D eigenvalue weighted by molar-refractivity contribution is 0.135. The van der Waals surface area contributed by atoms with E-state index in [1.165, 1.54) is 12.5 Å². The van der Waals surface area contributed by atoms with Gasteiger partial charge in [0, 0.05) is 0 Å². The smallest absolute Gasteiger partial charge is 0.417 e. The van der Waals surface area contributed by atoms with Crippen molar-refractivity contribution in [3.63, 3.8) is 0 Å². The molecule has 66 valence electrons. The first-order valence-corrected chi connectivity index (χ1v) is 3.97. The first-order valence-electron chi connectivity index (χ1n) is 2.70. The van der Waals surface area contributed by atoms with Gasteiger partial charge in [-0.15, -0.1) is 0 Å². The molecule has 1 aromatic rings. The second kappa shape index (κ2) is 3.89. The Hall–Kier alpha value is -1.33. The molecule has 0 aliphatic carbocycles. The van der Waals surface area contributed by atoms with E-state index in [0.29, 0.717) is 0 Å². The van der Waals surface area contributed by atoms with Crippen LogP contribution < -0.4 is 4.74 Å². The van der Waals surface area contributed by atoms with E-state index in [-0.39, 0.29) is 6.08 Å². The Labute approximate surface area is 66.9 Å². The Kier molecular flexibility index (Phi) is 2.84. The van der Waals surface area contributed by atoms with Gasteiger partial charge in [-0.1, -0.05) is 0 Å². The van der Waals surface area contributed by atoms with E-state index in [9.17, 15) is 9.36 Å². The Balaban J connectivity index is 2.42. The number of aromatic nitrogens is 1. The van der Waals surface area contributed by atoms with Gasteiger partial charge < -0.3 is 18.6 Å².